The second kappa shape index (κ2) is 11.7. The Balaban J connectivity index is 1.38. The maximum absolute atomic E-state index is 11.6. The predicted octanol–water partition coefficient (Wildman–Crippen LogP) is 7.03. The maximum Gasteiger partial charge on any atom is 0.406 e. The molecule has 0 aromatic heterocycles. The molecule has 6 rings (SSSR count). The largest absolute Gasteiger partial charge is 0.493 e. The van der Waals surface area contributed by atoms with Gasteiger partial charge in [0.15, 0.2) is 11.3 Å². The summed E-state index contributed by atoms with van der Waals surface area (Å²) in [6.45, 7) is 6.94. The molecule has 6 nitrogen and oxygen atoms in total. The fourth-order valence-corrected chi connectivity index (χ4v) is 7.90. The average molecular weight is 538 g/mol. The van der Waals surface area contributed by atoms with E-state index in [0.717, 1.165) is 42.1 Å². The molecule has 5 fully saturated rings. The van der Waals surface area contributed by atoms with Crippen LogP contribution < -0.4 is 10.1 Å². The topological polar surface area (TPSA) is 77.0 Å². The van der Waals surface area contributed by atoms with Crippen LogP contribution in [0.1, 0.15) is 109 Å². The second-order valence-electron chi connectivity index (χ2n) is 13.3. The van der Waals surface area contributed by atoms with Gasteiger partial charge in [-0.05, 0) is 100 Å². The molecule has 2 N–H and O–H groups in total. The highest BCUT2D eigenvalue weighted by molar-refractivity contribution is 5.67. The van der Waals surface area contributed by atoms with Crippen LogP contribution in [0.25, 0.3) is 0 Å². The van der Waals surface area contributed by atoms with Crippen molar-refractivity contribution >= 4 is 6.09 Å². The van der Waals surface area contributed by atoms with Gasteiger partial charge in [-0.3, -0.25) is 0 Å². The number of unbranched alkanes of at least 4 members (excludes halogenated alkanes) is 5. The number of ether oxygens (including phenoxy) is 3. The molecule has 0 spiro atoms. The average Bonchev–Trinajstić information content (AvgIpc) is 2.88. The van der Waals surface area contributed by atoms with E-state index in [0.29, 0.717) is 0 Å². The van der Waals surface area contributed by atoms with Gasteiger partial charge in [0.1, 0.15) is 5.75 Å². The van der Waals surface area contributed by atoms with Gasteiger partial charge in [0.2, 0.25) is 0 Å². The summed E-state index contributed by atoms with van der Waals surface area (Å²) < 4.78 is 18.1. The van der Waals surface area contributed by atoms with E-state index in [4.69, 9.17) is 14.2 Å². The van der Waals surface area contributed by atoms with Gasteiger partial charge >= 0.3 is 6.09 Å². The number of carboxylic acid groups (broad SMARTS) is 1. The summed E-state index contributed by atoms with van der Waals surface area (Å²) in [6, 6.07) is 6.39. The first-order valence-electron chi connectivity index (χ1n) is 15.3. The van der Waals surface area contributed by atoms with Crippen LogP contribution in [-0.4, -0.2) is 42.3 Å². The molecule has 214 valence electrons. The molecule has 0 radical (unpaired) electrons. The Morgan fingerprint density at radius 1 is 1.00 bits per heavy atom. The van der Waals surface area contributed by atoms with Crippen LogP contribution in [0.4, 0.5) is 4.79 Å². The summed E-state index contributed by atoms with van der Waals surface area (Å²) in [6.07, 6.45) is 14.3. The molecule has 39 heavy (non-hydrogen) atoms. The number of carbonyl (C=O) groups is 1. The monoisotopic (exact) mass is 537 g/mol. The van der Waals surface area contributed by atoms with E-state index in [9.17, 15) is 9.90 Å². The van der Waals surface area contributed by atoms with Crippen molar-refractivity contribution in [2.24, 2.45) is 17.8 Å². The van der Waals surface area contributed by atoms with Crippen molar-refractivity contribution in [1.82, 2.24) is 5.32 Å². The van der Waals surface area contributed by atoms with Gasteiger partial charge in [-0.1, -0.05) is 50.9 Å². The first-order valence-corrected chi connectivity index (χ1v) is 15.3. The standard InChI is InChI=1S/C33H47NO5/c1-4-5-6-7-8-9-14-37-29-11-10-24(12-13-33(34-30(35)36)22-38-31(2,3)39-23-33)18-28(29)32-19-25-15-26(20-32)17-27(16-25)21-32/h10-11,18,25-27,34H,4-9,14-17,19-23H2,1-3H3,(H,35,36). The molecule has 0 atom stereocenters. The first kappa shape index (κ1) is 28.3. The SMILES string of the molecule is CCCCCCCCOc1ccc(C#CC2(NC(=O)O)COC(C)(C)OC2)cc1C12CC3CC(CC(C3)C1)C2. The number of rotatable bonds is 10. The van der Waals surface area contributed by atoms with Gasteiger partial charge in [-0.25, -0.2) is 4.79 Å². The molecule has 4 bridgehead atoms. The number of amides is 1. The van der Waals surface area contributed by atoms with Crippen LogP contribution in [0.3, 0.4) is 0 Å². The van der Waals surface area contributed by atoms with Crippen LogP contribution >= 0.6 is 0 Å². The third-order valence-electron chi connectivity index (χ3n) is 9.47. The van der Waals surface area contributed by atoms with Crippen molar-refractivity contribution in [3.8, 4) is 17.6 Å². The lowest BCUT2D eigenvalue weighted by atomic mass is 9.48. The minimum absolute atomic E-state index is 0.139. The zero-order valence-electron chi connectivity index (χ0n) is 24.2. The first-order chi connectivity index (χ1) is 18.7. The molecule has 1 amide bonds. The lowest BCUT2D eigenvalue weighted by Crippen LogP contribution is -2.60. The highest BCUT2D eigenvalue weighted by atomic mass is 16.7. The highest BCUT2D eigenvalue weighted by Gasteiger charge is 2.52. The minimum atomic E-state index is -1.14. The normalized spacial score (nSPS) is 29.9. The molecule has 1 heterocycles. The lowest BCUT2D eigenvalue weighted by Gasteiger charge is -2.57. The van der Waals surface area contributed by atoms with Gasteiger partial charge in [-0.2, -0.15) is 0 Å². The molecule has 6 heteroatoms. The number of hydrogen-bond donors (Lipinski definition) is 2. The fraction of sp³-hybridized carbons (Fsp3) is 0.727. The predicted molar refractivity (Wildman–Crippen MR) is 152 cm³/mol. The Bertz CT molecular complexity index is 1040. The number of nitrogens with one attached hydrogen (secondary N) is 1. The molecule has 1 saturated heterocycles. The van der Waals surface area contributed by atoms with Crippen molar-refractivity contribution in [2.75, 3.05) is 19.8 Å². The quantitative estimate of drug-likeness (QED) is 0.247. The van der Waals surface area contributed by atoms with Crippen molar-refractivity contribution in [1.29, 1.82) is 0 Å². The fourth-order valence-electron chi connectivity index (χ4n) is 7.90. The van der Waals surface area contributed by atoms with Crippen molar-refractivity contribution < 1.29 is 24.1 Å². The van der Waals surface area contributed by atoms with Crippen LogP contribution in [0.5, 0.6) is 5.75 Å². The Hall–Kier alpha value is -2.23. The Morgan fingerprint density at radius 3 is 2.23 bits per heavy atom. The van der Waals surface area contributed by atoms with Crippen LogP contribution in [-0.2, 0) is 14.9 Å². The summed E-state index contributed by atoms with van der Waals surface area (Å²) in [7, 11) is 0. The third kappa shape index (κ3) is 6.74. The molecule has 1 aromatic rings. The smallest absolute Gasteiger partial charge is 0.406 e. The van der Waals surface area contributed by atoms with Crippen molar-refractivity contribution in [2.45, 2.75) is 115 Å². The summed E-state index contributed by atoms with van der Waals surface area (Å²) in [5.41, 5.74) is 1.30. The van der Waals surface area contributed by atoms with E-state index in [1.165, 1.54) is 76.2 Å². The molecule has 1 aliphatic heterocycles. The minimum Gasteiger partial charge on any atom is -0.493 e. The van der Waals surface area contributed by atoms with Crippen LogP contribution in [0.15, 0.2) is 18.2 Å². The van der Waals surface area contributed by atoms with Crippen molar-refractivity contribution in [3.63, 3.8) is 0 Å². The molecule has 4 aliphatic carbocycles. The zero-order chi connectivity index (χ0) is 27.5. The van der Waals surface area contributed by atoms with E-state index < -0.39 is 17.4 Å². The van der Waals surface area contributed by atoms with Gasteiger partial charge in [0, 0.05) is 11.1 Å². The molecule has 4 saturated carbocycles. The summed E-state index contributed by atoms with van der Waals surface area (Å²) in [5, 5.41) is 12.1. The third-order valence-corrected chi connectivity index (χ3v) is 9.47. The van der Waals surface area contributed by atoms with E-state index in [-0.39, 0.29) is 18.6 Å². The van der Waals surface area contributed by atoms with Crippen molar-refractivity contribution in [3.05, 3.63) is 29.3 Å². The zero-order valence-corrected chi connectivity index (χ0v) is 24.2. The van der Waals surface area contributed by atoms with Gasteiger partial charge < -0.3 is 24.6 Å². The number of hydrogen-bond acceptors (Lipinski definition) is 4. The molecule has 5 aliphatic rings. The Kier molecular flexibility index (Phi) is 8.50. The molecular weight excluding hydrogens is 490 g/mol. The molecule has 0 unspecified atom stereocenters. The molecular formula is C33H47NO5. The Morgan fingerprint density at radius 2 is 1.62 bits per heavy atom. The van der Waals surface area contributed by atoms with Gasteiger partial charge in [0.05, 0.1) is 19.8 Å². The van der Waals surface area contributed by atoms with Crippen LogP contribution in [0, 0.1) is 29.6 Å². The molecule has 1 aromatic carbocycles. The van der Waals surface area contributed by atoms with E-state index >= 15 is 0 Å². The van der Waals surface area contributed by atoms with Crippen LogP contribution in [0.2, 0.25) is 0 Å². The summed E-state index contributed by atoms with van der Waals surface area (Å²) in [4.78, 5) is 11.6. The highest BCUT2D eigenvalue weighted by Crippen LogP contribution is 2.62. The van der Waals surface area contributed by atoms with E-state index in [1.54, 1.807) is 0 Å². The lowest BCUT2D eigenvalue weighted by molar-refractivity contribution is -0.262. The summed E-state index contributed by atoms with van der Waals surface area (Å²) >= 11 is 0. The summed E-state index contributed by atoms with van der Waals surface area (Å²) in [5.74, 6) is 9.25. The second-order valence-corrected chi connectivity index (χ2v) is 13.3. The van der Waals surface area contributed by atoms with Gasteiger partial charge in [-0.15, -0.1) is 0 Å². The van der Waals surface area contributed by atoms with E-state index in [1.807, 2.05) is 19.9 Å². The number of benzene rings is 1. The Labute approximate surface area is 234 Å². The maximum atomic E-state index is 11.6. The van der Waals surface area contributed by atoms with E-state index in [2.05, 4.69) is 36.2 Å². The van der Waals surface area contributed by atoms with Gasteiger partial charge in [0.25, 0.3) is 0 Å².